The zero-order valence-corrected chi connectivity index (χ0v) is 14.3. The van der Waals surface area contributed by atoms with Crippen LogP contribution in [-0.2, 0) is 37.0 Å². The van der Waals surface area contributed by atoms with Gasteiger partial charge in [0.25, 0.3) is 0 Å². The molecule has 1 amide bonds. The van der Waals surface area contributed by atoms with Crippen molar-refractivity contribution in [3.8, 4) is 0 Å². The van der Waals surface area contributed by atoms with Crippen molar-refractivity contribution < 1.29 is 4.79 Å². The number of benzene rings is 1. The van der Waals surface area contributed by atoms with Gasteiger partial charge in [0.2, 0.25) is 5.91 Å². The van der Waals surface area contributed by atoms with Gasteiger partial charge < -0.3 is 9.88 Å². The quantitative estimate of drug-likeness (QED) is 0.944. The lowest BCUT2D eigenvalue weighted by atomic mass is 9.90. The van der Waals surface area contributed by atoms with Gasteiger partial charge in [0.05, 0.1) is 12.1 Å². The van der Waals surface area contributed by atoms with E-state index in [2.05, 4.69) is 39.3 Å². The van der Waals surface area contributed by atoms with Gasteiger partial charge in [-0.1, -0.05) is 18.2 Å². The average Bonchev–Trinajstić information content (AvgIpc) is 2.94. The van der Waals surface area contributed by atoms with E-state index in [9.17, 15) is 4.79 Å². The van der Waals surface area contributed by atoms with Gasteiger partial charge in [-0.15, -0.1) is 0 Å². The number of carbonyl (C=O) groups is 1. The molecule has 1 N–H and O–H groups in total. The first-order chi connectivity index (χ1) is 11.7. The second kappa shape index (κ2) is 6.42. The topological polar surface area (TPSA) is 46.9 Å². The Morgan fingerprint density at radius 3 is 2.96 bits per heavy atom. The minimum absolute atomic E-state index is 0.135. The highest BCUT2D eigenvalue weighted by Crippen LogP contribution is 2.22. The van der Waals surface area contributed by atoms with Crippen LogP contribution in [0, 0.1) is 6.92 Å². The Balaban J connectivity index is 1.37. The van der Waals surface area contributed by atoms with Crippen molar-refractivity contribution in [2.45, 2.75) is 64.5 Å². The van der Waals surface area contributed by atoms with Gasteiger partial charge in [0.15, 0.2) is 0 Å². The fourth-order valence-corrected chi connectivity index (χ4v) is 4.06. The summed E-state index contributed by atoms with van der Waals surface area (Å²) in [7, 11) is 0. The van der Waals surface area contributed by atoms with Crippen LogP contribution in [0.5, 0.6) is 0 Å². The second-order valence-electron chi connectivity index (χ2n) is 7.24. The van der Waals surface area contributed by atoms with E-state index >= 15 is 0 Å². The lowest BCUT2D eigenvalue weighted by Crippen LogP contribution is -2.41. The van der Waals surface area contributed by atoms with E-state index in [1.165, 1.54) is 30.4 Å². The van der Waals surface area contributed by atoms with Gasteiger partial charge in [-0.05, 0) is 55.7 Å². The van der Waals surface area contributed by atoms with Crippen LogP contribution in [0.3, 0.4) is 0 Å². The summed E-state index contributed by atoms with van der Waals surface area (Å²) in [6.07, 6.45) is 9.41. The standard InChI is InChI=1S/C20H25N3O/c1-14-12-23-13-18(8-9-19(23)21-14)22-20(24)11-15-6-7-16-4-2-3-5-17(16)10-15/h6-7,10,12,18H,2-5,8-9,11,13H2,1H3,(H,22,24). The molecular weight excluding hydrogens is 298 g/mol. The molecule has 0 spiro atoms. The summed E-state index contributed by atoms with van der Waals surface area (Å²) >= 11 is 0. The van der Waals surface area contributed by atoms with E-state index in [0.29, 0.717) is 6.42 Å². The highest BCUT2D eigenvalue weighted by molar-refractivity contribution is 5.79. The fraction of sp³-hybridized carbons (Fsp3) is 0.500. The Bertz CT molecular complexity index is 762. The van der Waals surface area contributed by atoms with Crippen LogP contribution in [-0.4, -0.2) is 21.5 Å². The molecule has 1 aliphatic heterocycles. The van der Waals surface area contributed by atoms with Crippen molar-refractivity contribution in [2.75, 3.05) is 0 Å². The lowest BCUT2D eigenvalue weighted by Gasteiger charge is -2.25. The Morgan fingerprint density at radius 2 is 2.08 bits per heavy atom. The van der Waals surface area contributed by atoms with E-state index in [1.54, 1.807) is 0 Å². The molecule has 126 valence electrons. The Labute approximate surface area is 143 Å². The summed E-state index contributed by atoms with van der Waals surface area (Å²) in [5.74, 6) is 1.28. The van der Waals surface area contributed by atoms with Gasteiger partial charge in [-0.3, -0.25) is 4.79 Å². The molecule has 1 aliphatic carbocycles. The minimum Gasteiger partial charge on any atom is -0.351 e. The number of aromatic nitrogens is 2. The van der Waals surface area contributed by atoms with Crippen molar-refractivity contribution >= 4 is 5.91 Å². The number of nitrogens with one attached hydrogen (secondary N) is 1. The lowest BCUT2D eigenvalue weighted by molar-refractivity contribution is -0.121. The first-order valence-corrected chi connectivity index (χ1v) is 9.10. The van der Waals surface area contributed by atoms with E-state index in [4.69, 9.17) is 0 Å². The Hall–Kier alpha value is -2.10. The number of imidazole rings is 1. The third-order valence-electron chi connectivity index (χ3n) is 5.26. The molecule has 1 atom stereocenters. The predicted octanol–water partition coefficient (Wildman–Crippen LogP) is 2.74. The number of carbonyl (C=O) groups excluding carboxylic acids is 1. The average molecular weight is 323 g/mol. The van der Waals surface area contributed by atoms with Crippen LogP contribution in [0.1, 0.15) is 47.5 Å². The molecule has 0 radical (unpaired) electrons. The maximum atomic E-state index is 12.4. The highest BCUT2D eigenvalue weighted by Gasteiger charge is 2.21. The number of rotatable bonds is 3. The molecule has 2 heterocycles. The number of amides is 1. The number of hydrogen-bond acceptors (Lipinski definition) is 2. The molecule has 0 bridgehead atoms. The first-order valence-electron chi connectivity index (χ1n) is 9.10. The maximum absolute atomic E-state index is 12.4. The largest absolute Gasteiger partial charge is 0.351 e. The third-order valence-corrected chi connectivity index (χ3v) is 5.26. The summed E-state index contributed by atoms with van der Waals surface area (Å²) in [6.45, 7) is 2.86. The number of aryl methyl sites for hydroxylation is 4. The van der Waals surface area contributed by atoms with Crippen molar-refractivity contribution in [3.05, 3.63) is 52.6 Å². The molecule has 0 fully saturated rings. The molecule has 1 aromatic carbocycles. The smallest absolute Gasteiger partial charge is 0.224 e. The van der Waals surface area contributed by atoms with E-state index in [-0.39, 0.29) is 11.9 Å². The molecule has 0 saturated heterocycles. The summed E-state index contributed by atoms with van der Waals surface area (Å²) in [4.78, 5) is 17.0. The number of fused-ring (bicyclic) bond motifs is 2. The highest BCUT2D eigenvalue weighted by atomic mass is 16.1. The van der Waals surface area contributed by atoms with Crippen LogP contribution < -0.4 is 5.32 Å². The van der Waals surface area contributed by atoms with Gasteiger partial charge in [-0.25, -0.2) is 4.98 Å². The predicted molar refractivity (Wildman–Crippen MR) is 94.0 cm³/mol. The molecule has 4 heteroatoms. The van der Waals surface area contributed by atoms with Gasteiger partial charge >= 0.3 is 0 Å². The van der Waals surface area contributed by atoms with Crippen LogP contribution >= 0.6 is 0 Å². The van der Waals surface area contributed by atoms with Crippen molar-refractivity contribution in [3.63, 3.8) is 0 Å². The summed E-state index contributed by atoms with van der Waals surface area (Å²) in [5.41, 5.74) is 5.12. The molecule has 4 rings (SSSR count). The summed E-state index contributed by atoms with van der Waals surface area (Å²) in [6, 6.07) is 6.81. The van der Waals surface area contributed by atoms with Crippen molar-refractivity contribution in [1.82, 2.24) is 14.9 Å². The first kappa shape index (κ1) is 15.4. The van der Waals surface area contributed by atoms with Gasteiger partial charge in [0, 0.05) is 25.2 Å². The van der Waals surface area contributed by atoms with Crippen LogP contribution in [0.15, 0.2) is 24.4 Å². The van der Waals surface area contributed by atoms with Crippen molar-refractivity contribution in [2.24, 2.45) is 0 Å². The van der Waals surface area contributed by atoms with E-state index in [1.807, 2.05) is 6.92 Å². The zero-order chi connectivity index (χ0) is 16.5. The maximum Gasteiger partial charge on any atom is 0.224 e. The SMILES string of the molecule is Cc1cn2c(n1)CCC(NC(=O)Cc1ccc3c(c1)CCCC3)C2. The monoisotopic (exact) mass is 323 g/mol. The molecule has 1 aromatic heterocycles. The Morgan fingerprint density at radius 1 is 1.25 bits per heavy atom. The zero-order valence-electron chi connectivity index (χ0n) is 14.3. The third kappa shape index (κ3) is 3.23. The van der Waals surface area contributed by atoms with E-state index in [0.717, 1.165) is 42.9 Å². The molecular formula is C20H25N3O. The number of hydrogen-bond donors (Lipinski definition) is 1. The fourth-order valence-electron chi connectivity index (χ4n) is 4.06. The molecule has 2 aromatic rings. The minimum atomic E-state index is 0.135. The summed E-state index contributed by atoms with van der Waals surface area (Å²) in [5, 5.41) is 3.21. The van der Waals surface area contributed by atoms with Gasteiger partial charge in [0.1, 0.15) is 5.82 Å². The van der Waals surface area contributed by atoms with Crippen LogP contribution in [0.25, 0.3) is 0 Å². The molecule has 24 heavy (non-hydrogen) atoms. The number of nitrogens with zero attached hydrogens (tertiary/aromatic N) is 2. The van der Waals surface area contributed by atoms with Gasteiger partial charge in [-0.2, -0.15) is 0 Å². The molecule has 2 aliphatic rings. The Kier molecular flexibility index (Phi) is 4.13. The van der Waals surface area contributed by atoms with Crippen LogP contribution in [0.4, 0.5) is 0 Å². The molecule has 4 nitrogen and oxygen atoms in total. The second-order valence-corrected chi connectivity index (χ2v) is 7.24. The summed E-state index contributed by atoms with van der Waals surface area (Å²) < 4.78 is 2.18. The normalized spacial score (nSPS) is 19.5. The molecule has 1 unspecified atom stereocenters. The van der Waals surface area contributed by atoms with Crippen molar-refractivity contribution in [1.29, 1.82) is 0 Å². The van der Waals surface area contributed by atoms with E-state index < -0.39 is 0 Å². The molecule has 0 saturated carbocycles. The van der Waals surface area contributed by atoms with Crippen LogP contribution in [0.2, 0.25) is 0 Å².